The molecular weight excluding hydrogens is 274 g/mol. The first-order valence-electron chi connectivity index (χ1n) is 6.62. The molecule has 1 aromatic heterocycles. The van der Waals surface area contributed by atoms with E-state index in [-0.39, 0.29) is 18.6 Å². The average Bonchev–Trinajstić information content (AvgIpc) is 2.80. The number of carbonyl (C=O) groups excluding carboxylic acids is 1. The van der Waals surface area contributed by atoms with E-state index in [0.29, 0.717) is 17.9 Å². The maximum Gasteiger partial charge on any atom is 0.261 e. The Morgan fingerprint density at radius 3 is 2.95 bits per heavy atom. The van der Waals surface area contributed by atoms with Crippen molar-refractivity contribution in [2.75, 3.05) is 20.3 Å². The van der Waals surface area contributed by atoms with Crippen LogP contribution < -0.4 is 5.32 Å². The van der Waals surface area contributed by atoms with Gasteiger partial charge in [0.15, 0.2) is 0 Å². The standard InChI is InChI=1S/C15H21NO3S/c1-4-12(10-19-3)16-15(18)14-9-11(2)13(20-14)7-5-6-8-17/h9,12,17H,4,6,8,10H2,1-3H3,(H,16,18). The van der Waals surface area contributed by atoms with Crippen LogP contribution in [0.15, 0.2) is 6.07 Å². The average molecular weight is 295 g/mol. The van der Waals surface area contributed by atoms with Crippen molar-refractivity contribution in [3.05, 3.63) is 21.4 Å². The Bertz CT molecular complexity index is 499. The predicted molar refractivity (Wildman–Crippen MR) is 81.1 cm³/mol. The summed E-state index contributed by atoms with van der Waals surface area (Å²) in [5.74, 6) is 5.77. The normalized spacial score (nSPS) is 11.6. The van der Waals surface area contributed by atoms with E-state index in [1.54, 1.807) is 7.11 Å². The Morgan fingerprint density at radius 2 is 2.35 bits per heavy atom. The molecule has 0 aliphatic heterocycles. The molecule has 1 aromatic rings. The smallest absolute Gasteiger partial charge is 0.261 e. The molecular formula is C15H21NO3S. The first-order valence-corrected chi connectivity index (χ1v) is 7.44. The Balaban J connectivity index is 2.75. The molecule has 1 unspecified atom stereocenters. The molecule has 0 spiro atoms. The quantitative estimate of drug-likeness (QED) is 0.789. The van der Waals surface area contributed by atoms with Crippen molar-refractivity contribution < 1.29 is 14.6 Å². The minimum absolute atomic E-state index is 0.0267. The van der Waals surface area contributed by atoms with Crippen molar-refractivity contribution in [2.24, 2.45) is 0 Å². The van der Waals surface area contributed by atoms with Crippen LogP contribution in [0.1, 0.15) is 39.9 Å². The lowest BCUT2D eigenvalue weighted by atomic mass is 10.2. The molecule has 0 bridgehead atoms. The highest BCUT2D eigenvalue weighted by Crippen LogP contribution is 2.21. The molecule has 110 valence electrons. The number of aliphatic hydroxyl groups excluding tert-OH is 1. The molecule has 0 aliphatic rings. The molecule has 0 saturated heterocycles. The zero-order valence-corrected chi connectivity index (χ0v) is 13.0. The second-order valence-corrected chi connectivity index (χ2v) is 5.48. The van der Waals surface area contributed by atoms with Crippen molar-refractivity contribution in [3.8, 4) is 11.8 Å². The molecule has 20 heavy (non-hydrogen) atoms. The number of carbonyl (C=O) groups is 1. The Labute approximate surface area is 124 Å². The monoisotopic (exact) mass is 295 g/mol. The number of rotatable bonds is 6. The third-order valence-corrected chi connectivity index (χ3v) is 3.93. The van der Waals surface area contributed by atoms with E-state index in [4.69, 9.17) is 9.84 Å². The molecule has 5 heteroatoms. The number of aliphatic hydroxyl groups is 1. The summed E-state index contributed by atoms with van der Waals surface area (Å²) in [6.07, 6.45) is 1.28. The topological polar surface area (TPSA) is 58.6 Å². The molecule has 0 aliphatic carbocycles. The molecule has 0 radical (unpaired) electrons. The highest BCUT2D eigenvalue weighted by molar-refractivity contribution is 7.14. The van der Waals surface area contributed by atoms with Gasteiger partial charge in [-0.1, -0.05) is 18.8 Å². The molecule has 1 atom stereocenters. The van der Waals surface area contributed by atoms with Crippen LogP contribution in [0.25, 0.3) is 0 Å². The van der Waals surface area contributed by atoms with E-state index in [0.717, 1.165) is 16.9 Å². The number of hydrogen-bond acceptors (Lipinski definition) is 4. The fourth-order valence-corrected chi connectivity index (χ4v) is 2.59. The lowest BCUT2D eigenvalue weighted by molar-refractivity contribution is 0.0898. The minimum atomic E-state index is -0.0859. The van der Waals surface area contributed by atoms with Gasteiger partial charge in [-0.2, -0.15) is 0 Å². The van der Waals surface area contributed by atoms with Crippen LogP contribution >= 0.6 is 11.3 Å². The summed E-state index contributed by atoms with van der Waals surface area (Å²) >= 11 is 1.38. The number of nitrogens with one attached hydrogen (secondary N) is 1. The SMILES string of the molecule is CCC(COC)NC(=O)c1cc(C)c(C#CCCO)s1. The highest BCUT2D eigenvalue weighted by atomic mass is 32.1. The molecule has 0 fully saturated rings. The fraction of sp³-hybridized carbons (Fsp3) is 0.533. The van der Waals surface area contributed by atoms with Gasteiger partial charge in [0.2, 0.25) is 0 Å². The fourth-order valence-electron chi connectivity index (χ4n) is 1.64. The van der Waals surface area contributed by atoms with E-state index in [1.807, 2.05) is 19.9 Å². The van der Waals surface area contributed by atoms with Gasteiger partial charge in [0.1, 0.15) is 0 Å². The Kier molecular flexibility index (Phi) is 7.31. The number of aryl methyl sites for hydroxylation is 1. The van der Waals surface area contributed by atoms with Crippen LogP contribution in [0.5, 0.6) is 0 Å². The zero-order valence-electron chi connectivity index (χ0n) is 12.2. The van der Waals surface area contributed by atoms with Gasteiger partial charge in [0.25, 0.3) is 5.91 Å². The summed E-state index contributed by atoms with van der Waals surface area (Å²) in [5.41, 5.74) is 0.991. The maximum absolute atomic E-state index is 12.1. The zero-order chi connectivity index (χ0) is 15.0. The first-order chi connectivity index (χ1) is 9.62. The second kappa shape index (κ2) is 8.75. The predicted octanol–water partition coefficient (Wildman–Crippen LogP) is 1.95. The van der Waals surface area contributed by atoms with Crippen LogP contribution in [0.4, 0.5) is 0 Å². The van der Waals surface area contributed by atoms with Crippen LogP contribution in [0.2, 0.25) is 0 Å². The third kappa shape index (κ3) is 4.97. The first kappa shape index (κ1) is 16.7. The second-order valence-electron chi connectivity index (χ2n) is 4.43. The number of hydrogen-bond donors (Lipinski definition) is 2. The third-order valence-electron chi connectivity index (χ3n) is 2.78. The van der Waals surface area contributed by atoms with Gasteiger partial charge in [0.05, 0.1) is 29.0 Å². The van der Waals surface area contributed by atoms with E-state index in [9.17, 15) is 4.79 Å². The van der Waals surface area contributed by atoms with Gasteiger partial charge in [-0.15, -0.1) is 11.3 Å². The van der Waals surface area contributed by atoms with E-state index >= 15 is 0 Å². The van der Waals surface area contributed by atoms with Crippen molar-refractivity contribution in [1.29, 1.82) is 0 Å². The van der Waals surface area contributed by atoms with E-state index in [1.165, 1.54) is 11.3 Å². The molecule has 0 saturated carbocycles. The molecule has 4 nitrogen and oxygen atoms in total. The van der Waals surface area contributed by atoms with Gasteiger partial charge < -0.3 is 15.2 Å². The largest absolute Gasteiger partial charge is 0.395 e. The molecule has 1 heterocycles. The van der Waals surface area contributed by atoms with Crippen LogP contribution in [-0.2, 0) is 4.74 Å². The number of thiophene rings is 1. The number of ether oxygens (including phenoxy) is 1. The maximum atomic E-state index is 12.1. The Morgan fingerprint density at radius 1 is 1.60 bits per heavy atom. The lowest BCUT2D eigenvalue weighted by Crippen LogP contribution is -2.37. The van der Waals surface area contributed by atoms with E-state index in [2.05, 4.69) is 17.2 Å². The van der Waals surface area contributed by atoms with Crippen molar-refractivity contribution in [3.63, 3.8) is 0 Å². The van der Waals surface area contributed by atoms with Crippen molar-refractivity contribution >= 4 is 17.2 Å². The number of amides is 1. The lowest BCUT2D eigenvalue weighted by Gasteiger charge is -2.14. The van der Waals surface area contributed by atoms with Gasteiger partial charge >= 0.3 is 0 Å². The minimum Gasteiger partial charge on any atom is -0.395 e. The Hall–Kier alpha value is -1.35. The van der Waals surface area contributed by atoms with Crippen molar-refractivity contribution in [1.82, 2.24) is 5.32 Å². The summed E-state index contributed by atoms with van der Waals surface area (Å²) in [6.45, 7) is 4.51. The molecule has 0 aromatic carbocycles. The summed E-state index contributed by atoms with van der Waals surface area (Å²) < 4.78 is 5.07. The van der Waals surface area contributed by atoms with Gasteiger partial charge in [-0.3, -0.25) is 4.79 Å². The summed E-state index contributed by atoms with van der Waals surface area (Å²) in [6, 6.07) is 1.88. The van der Waals surface area contributed by atoms with Gasteiger partial charge in [0, 0.05) is 13.5 Å². The van der Waals surface area contributed by atoms with Crippen molar-refractivity contribution in [2.45, 2.75) is 32.7 Å². The molecule has 1 rings (SSSR count). The van der Waals surface area contributed by atoms with Crippen LogP contribution in [-0.4, -0.2) is 37.4 Å². The van der Waals surface area contributed by atoms with Gasteiger partial charge in [-0.25, -0.2) is 0 Å². The molecule has 2 N–H and O–H groups in total. The molecule has 1 amide bonds. The summed E-state index contributed by atoms with van der Waals surface area (Å²) in [4.78, 5) is 13.7. The summed E-state index contributed by atoms with van der Waals surface area (Å²) in [5, 5.41) is 11.7. The summed E-state index contributed by atoms with van der Waals surface area (Å²) in [7, 11) is 1.62. The van der Waals surface area contributed by atoms with Gasteiger partial charge in [-0.05, 0) is 25.0 Å². The van der Waals surface area contributed by atoms with E-state index < -0.39 is 0 Å². The highest BCUT2D eigenvalue weighted by Gasteiger charge is 2.15. The van der Waals surface area contributed by atoms with Crippen LogP contribution in [0, 0.1) is 18.8 Å². The number of methoxy groups -OCH3 is 1. The van der Waals surface area contributed by atoms with Crippen LogP contribution in [0.3, 0.4) is 0 Å².